The topological polar surface area (TPSA) is 62.3 Å². The molecule has 1 N–H and O–H groups in total. The Bertz CT molecular complexity index is 487. The average Bonchev–Trinajstić information content (AvgIpc) is 2.55. The highest BCUT2D eigenvalue weighted by molar-refractivity contribution is 7.99. The zero-order valence-corrected chi connectivity index (χ0v) is 13.2. The molecule has 1 aromatic heterocycles. The molecular formula is C15H21N3O2S. The highest BCUT2D eigenvalue weighted by atomic mass is 32.2. The summed E-state index contributed by atoms with van der Waals surface area (Å²) in [6.45, 7) is 3.36. The maximum absolute atomic E-state index is 12.1. The third-order valence-corrected chi connectivity index (χ3v) is 4.69. The molecule has 114 valence electrons. The Kier molecular flexibility index (Phi) is 5.61. The number of carbonyl (C=O) groups is 2. The van der Waals surface area contributed by atoms with E-state index in [1.54, 1.807) is 36.3 Å². The number of rotatable bonds is 4. The smallest absolute Gasteiger partial charge is 0.251 e. The van der Waals surface area contributed by atoms with Gasteiger partial charge in [0, 0.05) is 37.1 Å². The van der Waals surface area contributed by atoms with Crippen LogP contribution in [0.3, 0.4) is 0 Å². The van der Waals surface area contributed by atoms with E-state index in [1.165, 1.54) is 0 Å². The summed E-state index contributed by atoms with van der Waals surface area (Å²) < 4.78 is 0. The van der Waals surface area contributed by atoms with Crippen LogP contribution >= 0.6 is 11.8 Å². The summed E-state index contributed by atoms with van der Waals surface area (Å²) in [5.41, 5.74) is 0.625. The number of nitrogens with one attached hydrogen (secondary N) is 1. The van der Waals surface area contributed by atoms with Gasteiger partial charge in [0.15, 0.2) is 0 Å². The zero-order chi connectivity index (χ0) is 15.2. The third-order valence-electron chi connectivity index (χ3n) is 3.79. The first-order valence-electron chi connectivity index (χ1n) is 7.14. The SMILES string of the molecule is CSC(C)C(=O)N1CCC(NC(=O)c2ccncc2)CC1. The lowest BCUT2D eigenvalue weighted by Crippen LogP contribution is -2.48. The van der Waals surface area contributed by atoms with Gasteiger partial charge in [-0.1, -0.05) is 0 Å². The van der Waals surface area contributed by atoms with E-state index in [0.717, 1.165) is 12.8 Å². The van der Waals surface area contributed by atoms with Gasteiger partial charge in [-0.25, -0.2) is 0 Å². The molecule has 0 saturated carbocycles. The van der Waals surface area contributed by atoms with Crippen LogP contribution in [0.2, 0.25) is 0 Å². The van der Waals surface area contributed by atoms with Gasteiger partial charge < -0.3 is 10.2 Å². The molecule has 5 nitrogen and oxygen atoms in total. The van der Waals surface area contributed by atoms with E-state index < -0.39 is 0 Å². The maximum Gasteiger partial charge on any atom is 0.251 e. The number of piperidine rings is 1. The van der Waals surface area contributed by atoms with E-state index in [4.69, 9.17) is 0 Å². The number of thioether (sulfide) groups is 1. The van der Waals surface area contributed by atoms with Crippen molar-refractivity contribution in [2.45, 2.75) is 31.1 Å². The second kappa shape index (κ2) is 7.45. The van der Waals surface area contributed by atoms with Crippen molar-refractivity contribution < 1.29 is 9.59 Å². The summed E-state index contributed by atoms with van der Waals surface area (Å²) in [5.74, 6) is 0.126. The molecule has 0 aliphatic carbocycles. The van der Waals surface area contributed by atoms with Crippen LogP contribution in [0.15, 0.2) is 24.5 Å². The predicted octanol–water partition coefficient (Wildman–Crippen LogP) is 1.55. The Morgan fingerprint density at radius 2 is 1.95 bits per heavy atom. The molecule has 1 saturated heterocycles. The number of hydrogen-bond acceptors (Lipinski definition) is 4. The highest BCUT2D eigenvalue weighted by Gasteiger charge is 2.26. The second-order valence-corrected chi connectivity index (χ2v) is 6.37. The average molecular weight is 307 g/mol. The van der Waals surface area contributed by atoms with Crippen LogP contribution in [0.25, 0.3) is 0 Å². The van der Waals surface area contributed by atoms with Crippen molar-refractivity contribution in [2.24, 2.45) is 0 Å². The maximum atomic E-state index is 12.1. The number of carbonyl (C=O) groups excluding carboxylic acids is 2. The van der Waals surface area contributed by atoms with Gasteiger partial charge in [0.1, 0.15) is 0 Å². The van der Waals surface area contributed by atoms with Crippen molar-refractivity contribution in [1.29, 1.82) is 0 Å². The van der Waals surface area contributed by atoms with Crippen molar-refractivity contribution >= 4 is 23.6 Å². The van der Waals surface area contributed by atoms with Gasteiger partial charge in [0.05, 0.1) is 5.25 Å². The third kappa shape index (κ3) is 4.20. The summed E-state index contributed by atoms with van der Waals surface area (Å²) in [6.07, 6.45) is 6.79. The number of aromatic nitrogens is 1. The predicted molar refractivity (Wildman–Crippen MR) is 84.3 cm³/mol. The molecule has 1 aromatic rings. The molecular weight excluding hydrogens is 286 g/mol. The monoisotopic (exact) mass is 307 g/mol. The van der Waals surface area contributed by atoms with E-state index in [2.05, 4.69) is 10.3 Å². The summed E-state index contributed by atoms with van der Waals surface area (Å²) in [5, 5.41) is 3.04. The second-order valence-electron chi connectivity index (χ2n) is 5.19. The molecule has 0 bridgehead atoms. The molecule has 6 heteroatoms. The molecule has 1 aliphatic heterocycles. The molecule has 0 radical (unpaired) electrons. The van der Waals surface area contributed by atoms with Crippen LogP contribution in [-0.4, -0.2) is 52.3 Å². The number of nitrogens with zero attached hydrogens (tertiary/aromatic N) is 2. The first-order valence-corrected chi connectivity index (χ1v) is 8.43. The molecule has 2 amide bonds. The van der Waals surface area contributed by atoms with E-state index in [9.17, 15) is 9.59 Å². The van der Waals surface area contributed by atoms with Crippen LogP contribution < -0.4 is 5.32 Å². The van der Waals surface area contributed by atoms with Gasteiger partial charge in [-0.2, -0.15) is 11.8 Å². The molecule has 21 heavy (non-hydrogen) atoms. The van der Waals surface area contributed by atoms with E-state index in [1.807, 2.05) is 18.1 Å². The molecule has 2 heterocycles. The van der Waals surface area contributed by atoms with Crippen molar-refractivity contribution in [2.75, 3.05) is 19.3 Å². The van der Waals surface area contributed by atoms with Gasteiger partial charge in [0.2, 0.25) is 5.91 Å². The summed E-state index contributed by atoms with van der Waals surface area (Å²) in [6, 6.07) is 3.54. The van der Waals surface area contributed by atoms with Crippen LogP contribution in [0.4, 0.5) is 0 Å². The Balaban J connectivity index is 1.82. The fourth-order valence-electron chi connectivity index (χ4n) is 2.37. The minimum Gasteiger partial charge on any atom is -0.349 e. The van der Waals surface area contributed by atoms with Crippen molar-refractivity contribution in [3.05, 3.63) is 30.1 Å². The molecule has 1 fully saturated rings. The number of hydrogen-bond donors (Lipinski definition) is 1. The van der Waals surface area contributed by atoms with E-state index >= 15 is 0 Å². The Labute approximate surface area is 129 Å². The van der Waals surface area contributed by atoms with Gasteiger partial charge in [0.25, 0.3) is 5.91 Å². The fraction of sp³-hybridized carbons (Fsp3) is 0.533. The molecule has 1 atom stereocenters. The minimum absolute atomic E-state index is 0.00737. The standard InChI is InChI=1S/C15H21N3O2S/c1-11(21-2)15(20)18-9-5-13(6-10-18)17-14(19)12-3-7-16-8-4-12/h3-4,7-8,11,13H,5-6,9-10H2,1-2H3,(H,17,19). The van der Waals surface area contributed by atoms with E-state index in [-0.39, 0.29) is 23.1 Å². The first kappa shape index (κ1) is 15.8. The molecule has 1 unspecified atom stereocenters. The lowest BCUT2D eigenvalue weighted by Gasteiger charge is -2.33. The van der Waals surface area contributed by atoms with Gasteiger partial charge in [-0.3, -0.25) is 14.6 Å². The van der Waals surface area contributed by atoms with Crippen LogP contribution in [-0.2, 0) is 4.79 Å². The number of amides is 2. The molecule has 2 rings (SSSR count). The Morgan fingerprint density at radius 3 is 2.52 bits per heavy atom. The van der Waals surface area contributed by atoms with E-state index in [0.29, 0.717) is 18.7 Å². The highest BCUT2D eigenvalue weighted by Crippen LogP contribution is 2.16. The molecule has 0 aromatic carbocycles. The van der Waals surface area contributed by atoms with Crippen molar-refractivity contribution in [3.8, 4) is 0 Å². The van der Waals surface area contributed by atoms with Gasteiger partial charge in [-0.05, 0) is 38.2 Å². The normalized spacial score (nSPS) is 17.3. The number of pyridine rings is 1. The Hall–Kier alpha value is -1.56. The van der Waals surface area contributed by atoms with Crippen molar-refractivity contribution in [3.63, 3.8) is 0 Å². The Morgan fingerprint density at radius 1 is 1.33 bits per heavy atom. The van der Waals surface area contributed by atoms with Gasteiger partial charge >= 0.3 is 0 Å². The number of likely N-dealkylation sites (tertiary alicyclic amines) is 1. The summed E-state index contributed by atoms with van der Waals surface area (Å²) in [4.78, 5) is 30.0. The zero-order valence-electron chi connectivity index (χ0n) is 12.4. The van der Waals surface area contributed by atoms with Crippen LogP contribution in [0.1, 0.15) is 30.1 Å². The first-order chi connectivity index (χ1) is 10.1. The van der Waals surface area contributed by atoms with Gasteiger partial charge in [-0.15, -0.1) is 0 Å². The molecule has 0 spiro atoms. The quantitative estimate of drug-likeness (QED) is 0.917. The van der Waals surface area contributed by atoms with Crippen LogP contribution in [0.5, 0.6) is 0 Å². The van der Waals surface area contributed by atoms with Crippen molar-refractivity contribution in [1.82, 2.24) is 15.2 Å². The summed E-state index contributed by atoms with van der Waals surface area (Å²) >= 11 is 1.57. The fourth-order valence-corrected chi connectivity index (χ4v) is 2.72. The minimum atomic E-state index is -0.0698. The lowest BCUT2D eigenvalue weighted by atomic mass is 10.0. The summed E-state index contributed by atoms with van der Waals surface area (Å²) in [7, 11) is 0. The molecule has 1 aliphatic rings. The largest absolute Gasteiger partial charge is 0.349 e. The van der Waals surface area contributed by atoms with Crippen LogP contribution in [0, 0.1) is 0 Å². The lowest BCUT2D eigenvalue weighted by molar-refractivity contribution is -0.131.